The molecular formula is C18H29N. The molecule has 1 aromatic carbocycles. The lowest BCUT2D eigenvalue weighted by molar-refractivity contribution is 0.240. The standard InChI is InChI=1S/C18H29N/c1-4-7-9-14-18(19(5-2)6-3)16-15-17-12-10-8-11-13-17/h8,10-13,15-16,18H,4-7,9,14H2,1-3H3/b16-15+. The molecule has 0 aromatic heterocycles. The van der Waals surface area contributed by atoms with Gasteiger partial charge in [0.15, 0.2) is 0 Å². The Morgan fingerprint density at radius 3 is 2.26 bits per heavy atom. The van der Waals surface area contributed by atoms with E-state index >= 15 is 0 Å². The molecule has 0 amide bonds. The van der Waals surface area contributed by atoms with Gasteiger partial charge in [0.25, 0.3) is 0 Å². The van der Waals surface area contributed by atoms with Gasteiger partial charge in [0, 0.05) is 6.04 Å². The lowest BCUT2D eigenvalue weighted by atomic mass is 10.0. The summed E-state index contributed by atoms with van der Waals surface area (Å²) in [5.74, 6) is 0. The molecule has 0 aliphatic carbocycles. The summed E-state index contributed by atoms with van der Waals surface area (Å²) in [6.07, 6.45) is 9.91. The van der Waals surface area contributed by atoms with Crippen LogP contribution < -0.4 is 0 Å². The maximum atomic E-state index is 2.55. The Hall–Kier alpha value is -1.08. The van der Waals surface area contributed by atoms with Gasteiger partial charge in [-0.05, 0) is 25.1 Å². The van der Waals surface area contributed by atoms with Crippen molar-refractivity contribution in [2.75, 3.05) is 13.1 Å². The second kappa shape index (κ2) is 9.80. The summed E-state index contributed by atoms with van der Waals surface area (Å²) in [6.45, 7) is 9.05. The quantitative estimate of drug-likeness (QED) is 0.565. The van der Waals surface area contributed by atoms with Crippen molar-refractivity contribution in [1.82, 2.24) is 4.90 Å². The number of benzene rings is 1. The van der Waals surface area contributed by atoms with Crippen LogP contribution in [0.4, 0.5) is 0 Å². The van der Waals surface area contributed by atoms with Crippen LogP contribution in [0.2, 0.25) is 0 Å². The molecule has 106 valence electrons. The molecule has 1 rings (SSSR count). The van der Waals surface area contributed by atoms with Crippen molar-refractivity contribution in [3.8, 4) is 0 Å². The van der Waals surface area contributed by atoms with Gasteiger partial charge in [-0.2, -0.15) is 0 Å². The average Bonchev–Trinajstić information content (AvgIpc) is 2.46. The lowest BCUT2D eigenvalue weighted by Gasteiger charge is -2.27. The number of rotatable bonds is 9. The Morgan fingerprint density at radius 1 is 1.00 bits per heavy atom. The fraction of sp³-hybridized carbons (Fsp3) is 0.556. The molecule has 0 radical (unpaired) electrons. The van der Waals surface area contributed by atoms with E-state index in [0.717, 1.165) is 13.1 Å². The Morgan fingerprint density at radius 2 is 1.68 bits per heavy atom. The van der Waals surface area contributed by atoms with Crippen molar-refractivity contribution in [1.29, 1.82) is 0 Å². The first-order valence-corrected chi connectivity index (χ1v) is 7.79. The van der Waals surface area contributed by atoms with E-state index in [4.69, 9.17) is 0 Å². The third-order valence-electron chi connectivity index (χ3n) is 3.70. The van der Waals surface area contributed by atoms with Crippen molar-refractivity contribution in [2.45, 2.75) is 52.5 Å². The molecule has 19 heavy (non-hydrogen) atoms. The van der Waals surface area contributed by atoms with Gasteiger partial charge in [0.05, 0.1) is 0 Å². The first-order valence-electron chi connectivity index (χ1n) is 7.79. The lowest BCUT2D eigenvalue weighted by Crippen LogP contribution is -2.33. The molecule has 0 heterocycles. The van der Waals surface area contributed by atoms with Crippen LogP contribution in [0.5, 0.6) is 0 Å². The number of hydrogen-bond acceptors (Lipinski definition) is 1. The van der Waals surface area contributed by atoms with E-state index in [1.54, 1.807) is 0 Å². The Kier molecular flexibility index (Phi) is 8.24. The minimum atomic E-state index is 0.585. The third-order valence-corrected chi connectivity index (χ3v) is 3.70. The summed E-state index contributed by atoms with van der Waals surface area (Å²) < 4.78 is 0. The van der Waals surface area contributed by atoms with Crippen LogP contribution in [0, 0.1) is 0 Å². The van der Waals surface area contributed by atoms with Crippen molar-refractivity contribution < 1.29 is 0 Å². The molecule has 0 aliphatic heterocycles. The van der Waals surface area contributed by atoms with Crippen LogP contribution in [0.25, 0.3) is 6.08 Å². The van der Waals surface area contributed by atoms with Crippen molar-refractivity contribution in [3.05, 3.63) is 42.0 Å². The molecule has 0 N–H and O–H groups in total. The SMILES string of the molecule is CCCCCC(/C=C/c1ccccc1)N(CC)CC. The smallest absolute Gasteiger partial charge is 0.0281 e. The van der Waals surface area contributed by atoms with E-state index in [1.165, 1.54) is 31.2 Å². The van der Waals surface area contributed by atoms with Crippen LogP contribution in [0.15, 0.2) is 36.4 Å². The summed E-state index contributed by atoms with van der Waals surface area (Å²) >= 11 is 0. The number of unbranched alkanes of at least 4 members (excludes halogenated alkanes) is 2. The highest BCUT2D eigenvalue weighted by atomic mass is 15.1. The van der Waals surface area contributed by atoms with Gasteiger partial charge in [-0.1, -0.05) is 82.5 Å². The monoisotopic (exact) mass is 259 g/mol. The zero-order chi connectivity index (χ0) is 13.9. The van der Waals surface area contributed by atoms with Gasteiger partial charge in [0.2, 0.25) is 0 Å². The van der Waals surface area contributed by atoms with E-state index in [0.29, 0.717) is 6.04 Å². The van der Waals surface area contributed by atoms with Gasteiger partial charge < -0.3 is 0 Å². The van der Waals surface area contributed by atoms with Gasteiger partial charge in [-0.3, -0.25) is 4.90 Å². The third kappa shape index (κ3) is 6.07. The summed E-state index contributed by atoms with van der Waals surface area (Å²) in [6, 6.07) is 11.2. The van der Waals surface area contributed by atoms with Crippen LogP contribution in [0.3, 0.4) is 0 Å². The fourth-order valence-corrected chi connectivity index (χ4v) is 2.48. The molecule has 0 saturated heterocycles. The van der Waals surface area contributed by atoms with Crippen LogP contribution in [-0.2, 0) is 0 Å². The molecule has 1 nitrogen and oxygen atoms in total. The van der Waals surface area contributed by atoms with E-state index in [1.807, 2.05) is 0 Å². The van der Waals surface area contributed by atoms with E-state index in [2.05, 4.69) is 68.2 Å². The molecule has 0 saturated carbocycles. The first-order chi connectivity index (χ1) is 9.31. The Balaban J connectivity index is 2.64. The van der Waals surface area contributed by atoms with Crippen LogP contribution in [-0.4, -0.2) is 24.0 Å². The van der Waals surface area contributed by atoms with Gasteiger partial charge in [0.1, 0.15) is 0 Å². The van der Waals surface area contributed by atoms with Crippen LogP contribution >= 0.6 is 0 Å². The van der Waals surface area contributed by atoms with Crippen molar-refractivity contribution >= 4 is 6.08 Å². The van der Waals surface area contributed by atoms with Gasteiger partial charge in [-0.25, -0.2) is 0 Å². The fourth-order valence-electron chi connectivity index (χ4n) is 2.48. The average molecular weight is 259 g/mol. The zero-order valence-electron chi connectivity index (χ0n) is 12.8. The molecule has 0 spiro atoms. The predicted octanol–water partition coefficient (Wildman–Crippen LogP) is 4.99. The van der Waals surface area contributed by atoms with E-state index in [9.17, 15) is 0 Å². The topological polar surface area (TPSA) is 3.24 Å². The predicted molar refractivity (Wildman–Crippen MR) is 86.3 cm³/mol. The molecule has 1 atom stereocenters. The van der Waals surface area contributed by atoms with E-state index < -0.39 is 0 Å². The maximum Gasteiger partial charge on any atom is 0.0281 e. The van der Waals surface area contributed by atoms with Crippen molar-refractivity contribution in [2.24, 2.45) is 0 Å². The number of nitrogens with zero attached hydrogens (tertiary/aromatic N) is 1. The summed E-state index contributed by atoms with van der Waals surface area (Å²) in [4.78, 5) is 2.55. The normalized spacial score (nSPS) is 13.3. The number of hydrogen-bond donors (Lipinski definition) is 0. The highest BCUT2D eigenvalue weighted by Gasteiger charge is 2.11. The summed E-state index contributed by atoms with van der Waals surface area (Å²) in [5.41, 5.74) is 1.30. The minimum Gasteiger partial charge on any atom is -0.297 e. The maximum absolute atomic E-state index is 2.55. The molecule has 1 unspecified atom stereocenters. The Bertz CT molecular complexity index is 338. The highest BCUT2D eigenvalue weighted by molar-refractivity contribution is 5.49. The summed E-state index contributed by atoms with van der Waals surface area (Å²) in [5, 5.41) is 0. The first kappa shape index (κ1) is 16.0. The molecule has 0 fully saturated rings. The minimum absolute atomic E-state index is 0.585. The molecular weight excluding hydrogens is 230 g/mol. The second-order valence-corrected chi connectivity index (χ2v) is 5.05. The molecule has 0 aliphatic rings. The molecule has 1 aromatic rings. The van der Waals surface area contributed by atoms with Crippen molar-refractivity contribution in [3.63, 3.8) is 0 Å². The van der Waals surface area contributed by atoms with E-state index in [-0.39, 0.29) is 0 Å². The molecule has 0 bridgehead atoms. The molecule has 1 heteroatoms. The zero-order valence-corrected chi connectivity index (χ0v) is 12.8. The number of likely N-dealkylation sites (N-methyl/N-ethyl adjacent to an activating group) is 1. The largest absolute Gasteiger partial charge is 0.297 e. The summed E-state index contributed by atoms with van der Waals surface area (Å²) in [7, 11) is 0. The second-order valence-electron chi connectivity index (χ2n) is 5.05. The van der Waals surface area contributed by atoms with Gasteiger partial charge >= 0.3 is 0 Å². The highest BCUT2D eigenvalue weighted by Crippen LogP contribution is 2.13. The Labute approximate surface area is 119 Å². The van der Waals surface area contributed by atoms with Gasteiger partial charge in [-0.15, -0.1) is 0 Å². The van der Waals surface area contributed by atoms with Crippen LogP contribution in [0.1, 0.15) is 52.0 Å².